The van der Waals surface area contributed by atoms with E-state index in [1.54, 1.807) is 24.5 Å². The second-order valence-corrected chi connectivity index (χ2v) is 4.99. The summed E-state index contributed by atoms with van der Waals surface area (Å²) in [6.07, 6.45) is 1.56. The summed E-state index contributed by atoms with van der Waals surface area (Å²) < 4.78 is 6.68. The number of hydrogen-bond donors (Lipinski definition) is 2. The lowest BCUT2D eigenvalue weighted by molar-refractivity contribution is 0.578. The van der Waals surface area contributed by atoms with Crippen LogP contribution < -0.4 is 11.3 Å². The fourth-order valence-corrected chi connectivity index (χ4v) is 1.97. The molecular weight excluding hydrogens is 270 g/mol. The highest BCUT2D eigenvalue weighted by atomic mass is 16.3. The first-order valence-electron chi connectivity index (χ1n) is 6.55. The van der Waals surface area contributed by atoms with Crippen LogP contribution in [0.4, 0.5) is 5.82 Å². The lowest BCUT2D eigenvalue weighted by Gasteiger charge is -2.07. The Bertz CT molecular complexity index is 814. The molecule has 108 valence electrons. The van der Waals surface area contributed by atoms with Crippen molar-refractivity contribution in [2.75, 3.05) is 5.73 Å². The van der Waals surface area contributed by atoms with Crippen LogP contribution in [0.15, 0.2) is 39.7 Å². The van der Waals surface area contributed by atoms with E-state index in [2.05, 4.69) is 15.1 Å². The summed E-state index contributed by atoms with van der Waals surface area (Å²) in [6.45, 7) is 3.93. The molecule has 0 radical (unpaired) electrons. The molecule has 3 aromatic rings. The van der Waals surface area contributed by atoms with Crippen molar-refractivity contribution in [3.05, 3.63) is 46.6 Å². The van der Waals surface area contributed by atoms with Gasteiger partial charge in [0.2, 0.25) is 5.95 Å². The minimum absolute atomic E-state index is 0.132. The number of aromatic nitrogens is 4. The zero-order chi connectivity index (χ0) is 15.0. The van der Waals surface area contributed by atoms with E-state index >= 15 is 0 Å². The van der Waals surface area contributed by atoms with Gasteiger partial charge in [-0.1, -0.05) is 13.8 Å². The summed E-state index contributed by atoms with van der Waals surface area (Å²) >= 11 is 0. The fraction of sp³-hybridized carbons (Fsp3) is 0.214. The monoisotopic (exact) mass is 285 g/mol. The molecule has 21 heavy (non-hydrogen) atoms. The quantitative estimate of drug-likeness (QED) is 0.765. The number of anilines is 1. The minimum Gasteiger partial charge on any atom is -0.463 e. The summed E-state index contributed by atoms with van der Waals surface area (Å²) in [5.74, 6) is 1.39. The standard InChI is InChI=1S/C14H15N5O2/c1-8(2)9-7-13(20)17-14(16-9)19-12(15)6-10(18-19)11-4-3-5-21-11/h3-8H,15H2,1-2H3,(H,16,17,20). The second kappa shape index (κ2) is 4.93. The smallest absolute Gasteiger partial charge is 0.252 e. The largest absolute Gasteiger partial charge is 0.463 e. The third kappa shape index (κ3) is 2.45. The van der Waals surface area contributed by atoms with Crippen LogP contribution in [-0.2, 0) is 0 Å². The van der Waals surface area contributed by atoms with Crippen molar-refractivity contribution < 1.29 is 4.42 Å². The zero-order valence-corrected chi connectivity index (χ0v) is 11.7. The number of nitrogen functional groups attached to an aromatic ring is 1. The first-order valence-corrected chi connectivity index (χ1v) is 6.55. The van der Waals surface area contributed by atoms with E-state index in [0.717, 1.165) is 0 Å². The Kier molecular flexibility index (Phi) is 3.09. The molecule has 0 fully saturated rings. The van der Waals surface area contributed by atoms with E-state index in [9.17, 15) is 4.79 Å². The van der Waals surface area contributed by atoms with E-state index in [1.807, 2.05) is 13.8 Å². The van der Waals surface area contributed by atoms with E-state index < -0.39 is 0 Å². The van der Waals surface area contributed by atoms with E-state index in [4.69, 9.17) is 10.2 Å². The molecule has 3 rings (SSSR count). The van der Waals surface area contributed by atoms with Crippen molar-refractivity contribution in [2.24, 2.45) is 0 Å². The van der Waals surface area contributed by atoms with E-state index in [0.29, 0.717) is 28.9 Å². The van der Waals surface area contributed by atoms with Gasteiger partial charge >= 0.3 is 0 Å². The van der Waals surface area contributed by atoms with Crippen molar-refractivity contribution in [3.63, 3.8) is 0 Å². The third-order valence-electron chi connectivity index (χ3n) is 3.05. The lowest BCUT2D eigenvalue weighted by Crippen LogP contribution is -2.16. The summed E-state index contributed by atoms with van der Waals surface area (Å²) in [6, 6.07) is 6.69. The molecule has 0 bridgehead atoms. The molecule has 0 aliphatic heterocycles. The molecule has 0 saturated heterocycles. The highest BCUT2D eigenvalue weighted by Crippen LogP contribution is 2.22. The van der Waals surface area contributed by atoms with Crippen LogP contribution in [0.1, 0.15) is 25.5 Å². The Hall–Kier alpha value is -2.83. The van der Waals surface area contributed by atoms with Gasteiger partial charge in [0.05, 0.1) is 12.0 Å². The maximum Gasteiger partial charge on any atom is 0.252 e. The first kappa shape index (κ1) is 13.2. The molecule has 3 heterocycles. The van der Waals surface area contributed by atoms with Gasteiger partial charge in [-0.3, -0.25) is 9.78 Å². The topological polar surface area (TPSA) is 103 Å². The zero-order valence-electron chi connectivity index (χ0n) is 11.7. The number of aromatic amines is 1. The predicted octanol–water partition coefficient (Wildman–Crippen LogP) is 1.92. The SMILES string of the molecule is CC(C)c1cc(=O)[nH]c(-n2nc(-c3ccco3)cc2N)n1. The molecule has 7 nitrogen and oxygen atoms in total. The molecule has 0 saturated carbocycles. The van der Waals surface area contributed by atoms with Crippen molar-refractivity contribution in [3.8, 4) is 17.4 Å². The fourth-order valence-electron chi connectivity index (χ4n) is 1.97. The maximum absolute atomic E-state index is 11.7. The Morgan fingerprint density at radius 1 is 1.38 bits per heavy atom. The molecule has 3 aromatic heterocycles. The number of hydrogen-bond acceptors (Lipinski definition) is 5. The van der Waals surface area contributed by atoms with Crippen molar-refractivity contribution >= 4 is 5.82 Å². The van der Waals surface area contributed by atoms with E-state index in [-0.39, 0.29) is 11.5 Å². The molecule has 0 aliphatic rings. The van der Waals surface area contributed by atoms with Gasteiger partial charge < -0.3 is 10.2 Å². The van der Waals surface area contributed by atoms with Gasteiger partial charge in [-0.2, -0.15) is 9.78 Å². The van der Waals surface area contributed by atoms with Gasteiger partial charge in [0, 0.05) is 12.1 Å². The number of furan rings is 1. The van der Waals surface area contributed by atoms with Gasteiger partial charge in [0.15, 0.2) is 5.76 Å². The molecule has 0 spiro atoms. The molecule has 0 amide bonds. The number of nitrogens with zero attached hydrogens (tertiary/aromatic N) is 3. The molecular formula is C14H15N5O2. The summed E-state index contributed by atoms with van der Waals surface area (Å²) in [7, 11) is 0. The van der Waals surface area contributed by atoms with Gasteiger partial charge in [0.1, 0.15) is 11.5 Å². The van der Waals surface area contributed by atoms with Crippen LogP contribution in [0.2, 0.25) is 0 Å². The van der Waals surface area contributed by atoms with Crippen molar-refractivity contribution in [1.29, 1.82) is 0 Å². The Morgan fingerprint density at radius 2 is 2.19 bits per heavy atom. The van der Waals surface area contributed by atoms with Crippen LogP contribution in [-0.4, -0.2) is 19.7 Å². The summed E-state index contributed by atoms with van der Waals surface area (Å²) in [4.78, 5) is 18.8. The number of nitrogens with two attached hydrogens (primary N) is 1. The molecule has 0 unspecified atom stereocenters. The normalized spacial score (nSPS) is 11.2. The predicted molar refractivity (Wildman–Crippen MR) is 78.2 cm³/mol. The minimum atomic E-state index is -0.238. The highest BCUT2D eigenvalue weighted by Gasteiger charge is 2.13. The van der Waals surface area contributed by atoms with Crippen molar-refractivity contribution in [1.82, 2.24) is 19.7 Å². The van der Waals surface area contributed by atoms with Gasteiger partial charge in [0.25, 0.3) is 5.56 Å². The Balaban J connectivity index is 2.11. The molecule has 0 atom stereocenters. The average molecular weight is 285 g/mol. The lowest BCUT2D eigenvalue weighted by atomic mass is 10.1. The third-order valence-corrected chi connectivity index (χ3v) is 3.05. The highest BCUT2D eigenvalue weighted by molar-refractivity contribution is 5.57. The van der Waals surface area contributed by atoms with Crippen LogP contribution in [0.5, 0.6) is 0 Å². The van der Waals surface area contributed by atoms with Crippen LogP contribution in [0.25, 0.3) is 17.4 Å². The van der Waals surface area contributed by atoms with Gasteiger partial charge in [-0.25, -0.2) is 4.98 Å². The number of nitrogens with one attached hydrogen (secondary N) is 1. The van der Waals surface area contributed by atoms with Gasteiger partial charge in [-0.05, 0) is 18.1 Å². The Labute approximate surface area is 120 Å². The number of rotatable bonds is 3. The summed E-state index contributed by atoms with van der Waals surface area (Å²) in [5.41, 5.74) is 6.98. The second-order valence-electron chi connectivity index (χ2n) is 4.99. The van der Waals surface area contributed by atoms with Crippen LogP contribution in [0, 0.1) is 0 Å². The molecule has 0 aromatic carbocycles. The summed E-state index contributed by atoms with van der Waals surface area (Å²) in [5, 5.41) is 4.33. The maximum atomic E-state index is 11.7. The molecule has 3 N–H and O–H groups in total. The van der Waals surface area contributed by atoms with Crippen molar-refractivity contribution in [2.45, 2.75) is 19.8 Å². The average Bonchev–Trinajstić information content (AvgIpc) is 3.06. The van der Waals surface area contributed by atoms with Crippen LogP contribution in [0.3, 0.4) is 0 Å². The van der Waals surface area contributed by atoms with E-state index in [1.165, 1.54) is 10.7 Å². The first-order chi connectivity index (χ1) is 10.0. The number of H-pyrrole nitrogens is 1. The van der Waals surface area contributed by atoms with Gasteiger partial charge in [-0.15, -0.1) is 0 Å². The van der Waals surface area contributed by atoms with Crippen LogP contribution >= 0.6 is 0 Å². The molecule has 0 aliphatic carbocycles. The Morgan fingerprint density at radius 3 is 2.86 bits per heavy atom. The molecule has 7 heteroatoms.